The lowest BCUT2D eigenvalue weighted by molar-refractivity contribution is 0.612. The molecule has 0 fully saturated rings. The van der Waals surface area contributed by atoms with Crippen LogP contribution in [-0.2, 0) is 6.54 Å². The van der Waals surface area contributed by atoms with Gasteiger partial charge in [-0.3, -0.25) is 0 Å². The van der Waals surface area contributed by atoms with Gasteiger partial charge in [0.1, 0.15) is 5.82 Å². The molecule has 0 saturated heterocycles. The summed E-state index contributed by atoms with van der Waals surface area (Å²) in [5.41, 5.74) is 1.04. The second-order valence-electron chi connectivity index (χ2n) is 4.83. The molecule has 0 unspecified atom stereocenters. The van der Waals surface area contributed by atoms with Gasteiger partial charge in [-0.1, -0.05) is 47.5 Å². The van der Waals surface area contributed by atoms with Gasteiger partial charge in [0.25, 0.3) is 0 Å². The molecule has 1 heterocycles. The van der Waals surface area contributed by atoms with Crippen LogP contribution in [-0.4, -0.2) is 15.2 Å². The minimum absolute atomic E-state index is 0.241. The first-order chi connectivity index (χ1) is 11.6. The summed E-state index contributed by atoms with van der Waals surface area (Å²) < 4.78 is 13.6. The Morgan fingerprint density at radius 2 is 1.75 bits per heavy atom. The quantitative estimate of drug-likeness (QED) is 0.689. The van der Waals surface area contributed by atoms with Crippen LogP contribution in [0.4, 0.5) is 21.8 Å². The maximum atomic E-state index is 13.6. The molecule has 24 heavy (non-hydrogen) atoms. The van der Waals surface area contributed by atoms with E-state index in [4.69, 9.17) is 23.2 Å². The number of para-hydroxylation sites is 1. The van der Waals surface area contributed by atoms with Gasteiger partial charge in [-0.2, -0.15) is 10.1 Å². The smallest absolute Gasteiger partial charge is 0.244 e. The van der Waals surface area contributed by atoms with Crippen LogP contribution in [0.2, 0.25) is 10.0 Å². The number of nitrogens with one attached hydrogen (secondary N) is 2. The van der Waals surface area contributed by atoms with Crippen LogP contribution < -0.4 is 10.6 Å². The average molecular weight is 364 g/mol. The van der Waals surface area contributed by atoms with Crippen molar-refractivity contribution in [3.05, 3.63) is 70.1 Å². The highest BCUT2D eigenvalue weighted by Crippen LogP contribution is 2.31. The molecule has 1 aromatic heterocycles. The van der Waals surface area contributed by atoms with E-state index < -0.39 is 0 Å². The lowest BCUT2D eigenvalue weighted by Gasteiger charge is -2.10. The van der Waals surface area contributed by atoms with E-state index >= 15 is 0 Å². The van der Waals surface area contributed by atoms with Gasteiger partial charge in [0.2, 0.25) is 5.95 Å². The van der Waals surface area contributed by atoms with Crippen molar-refractivity contribution in [2.24, 2.45) is 0 Å². The van der Waals surface area contributed by atoms with Crippen molar-refractivity contribution in [3.8, 4) is 0 Å². The number of anilines is 3. The van der Waals surface area contributed by atoms with Crippen LogP contribution >= 0.6 is 23.2 Å². The highest BCUT2D eigenvalue weighted by atomic mass is 35.5. The summed E-state index contributed by atoms with van der Waals surface area (Å²) in [7, 11) is 0. The number of aromatic nitrogens is 3. The van der Waals surface area contributed by atoms with Crippen LogP contribution in [0, 0.1) is 5.82 Å². The number of hydrogen-bond acceptors (Lipinski definition) is 5. The van der Waals surface area contributed by atoms with Crippen molar-refractivity contribution in [1.82, 2.24) is 15.2 Å². The molecule has 0 aliphatic rings. The minimum Gasteiger partial charge on any atom is -0.349 e. The van der Waals surface area contributed by atoms with Gasteiger partial charge in [-0.15, -0.1) is 5.10 Å². The normalized spacial score (nSPS) is 10.5. The number of nitrogens with zero attached hydrogens (tertiary/aromatic N) is 3. The Morgan fingerprint density at radius 1 is 1.00 bits per heavy atom. The average Bonchev–Trinajstić information content (AvgIpc) is 2.58. The molecule has 0 amide bonds. The third-order valence-electron chi connectivity index (χ3n) is 3.17. The molecule has 0 spiro atoms. The number of benzene rings is 2. The molecule has 5 nitrogen and oxygen atoms in total. The Bertz CT molecular complexity index is 839. The zero-order valence-electron chi connectivity index (χ0n) is 12.3. The van der Waals surface area contributed by atoms with Crippen molar-refractivity contribution < 1.29 is 4.39 Å². The van der Waals surface area contributed by atoms with Gasteiger partial charge in [-0.05, 0) is 18.2 Å². The van der Waals surface area contributed by atoms with E-state index in [0.29, 0.717) is 27.1 Å². The zero-order chi connectivity index (χ0) is 16.9. The second kappa shape index (κ2) is 7.42. The molecule has 2 aromatic carbocycles. The fraction of sp³-hybridized carbons (Fsp3) is 0.0625. The lowest BCUT2D eigenvalue weighted by atomic mass is 10.2. The maximum Gasteiger partial charge on any atom is 0.244 e. The third-order valence-corrected chi connectivity index (χ3v) is 3.80. The molecule has 0 atom stereocenters. The first-order valence-electron chi connectivity index (χ1n) is 7.01. The summed E-state index contributed by atoms with van der Waals surface area (Å²) in [6, 6.07) is 11.6. The van der Waals surface area contributed by atoms with Crippen LogP contribution in [0.3, 0.4) is 0 Å². The van der Waals surface area contributed by atoms with Gasteiger partial charge in [0, 0.05) is 12.1 Å². The molecule has 3 aromatic rings. The molecule has 0 bridgehead atoms. The van der Waals surface area contributed by atoms with E-state index in [2.05, 4.69) is 25.8 Å². The molecule has 2 N–H and O–H groups in total. The molecule has 3 rings (SSSR count). The fourth-order valence-electron chi connectivity index (χ4n) is 2.00. The molecule has 0 aliphatic heterocycles. The van der Waals surface area contributed by atoms with E-state index in [1.165, 1.54) is 12.3 Å². The Balaban J connectivity index is 1.74. The van der Waals surface area contributed by atoms with Crippen molar-refractivity contribution >= 4 is 40.7 Å². The second-order valence-corrected chi connectivity index (χ2v) is 5.65. The Hall–Kier alpha value is -2.44. The predicted octanol–water partition coefficient (Wildman–Crippen LogP) is 4.67. The minimum atomic E-state index is -0.296. The van der Waals surface area contributed by atoms with Crippen LogP contribution in [0.15, 0.2) is 48.7 Å². The molecule has 0 radical (unpaired) electrons. The van der Waals surface area contributed by atoms with Gasteiger partial charge in [0.15, 0.2) is 5.82 Å². The van der Waals surface area contributed by atoms with E-state index in [-0.39, 0.29) is 18.3 Å². The Labute approximate surface area is 147 Å². The SMILES string of the molecule is Fc1ccccc1CNc1nncc(Nc2c(Cl)cccc2Cl)n1. The highest BCUT2D eigenvalue weighted by molar-refractivity contribution is 6.39. The first-order valence-corrected chi connectivity index (χ1v) is 7.77. The van der Waals surface area contributed by atoms with Crippen molar-refractivity contribution in [3.63, 3.8) is 0 Å². The van der Waals surface area contributed by atoms with Gasteiger partial charge >= 0.3 is 0 Å². The predicted molar refractivity (Wildman–Crippen MR) is 93.3 cm³/mol. The summed E-state index contributed by atoms with van der Waals surface area (Å²) in [5.74, 6) is 0.373. The monoisotopic (exact) mass is 363 g/mol. The van der Waals surface area contributed by atoms with Crippen LogP contribution in [0.5, 0.6) is 0 Å². The van der Waals surface area contributed by atoms with Gasteiger partial charge in [0.05, 0.1) is 21.9 Å². The van der Waals surface area contributed by atoms with Crippen molar-refractivity contribution in [1.29, 1.82) is 0 Å². The van der Waals surface area contributed by atoms with E-state index in [1.54, 1.807) is 36.4 Å². The first kappa shape index (κ1) is 16.4. The molecule has 122 valence electrons. The number of hydrogen-bond donors (Lipinski definition) is 2. The van der Waals surface area contributed by atoms with Crippen molar-refractivity contribution in [2.45, 2.75) is 6.54 Å². The lowest BCUT2D eigenvalue weighted by Crippen LogP contribution is -2.07. The summed E-state index contributed by atoms with van der Waals surface area (Å²) >= 11 is 12.2. The molecule has 0 saturated carbocycles. The zero-order valence-corrected chi connectivity index (χ0v) is 13.8. The topological polar surface area (TPSA) is 62.7 Å². The van der Waals surface area contributed by atoms with Gasteiger partial charge in [-0.25, -0.2) is 4.39 Å². The Kier molecular flexibility index (Phi) is 5.08. The fourth-order valence-corrected chi connectivity index (χ4v) is 2.49. The van der Waals surface area contributed by atoms with Crippen LogP contribution in [0.1, 0.15) is 5.56 Å². The standard InChI is InChI=1S/C16H12Cl2FN5/c17-11-5-3-6-12(18)15(11)22-14-9-21-24-16(23-14)20-8-10-4-1-2-7-13(10)19/h1-7,9H,8H2,(H2,20,22,23,24). The highest BCUT2D eigenvalue weighted by Gasteiger charge is 2.08. The number of rotatable bonds is 5. The molecule has 8 heteroatoms. The van der Waals surface area contributed by atoms with E-state index in [0.717, 1.165) is 0 Å². The van der Waals surface area contributed by atoms with Crippen LogP contribution in [0.25, 0.3) is 0 Å². The third kappa shape index (κ3) is 3.90. The van der Waals surface area contributed by atoms with E-state index in [9.17, 15) is 4.39 Å². The molecule has 0 aliphatic carbocycles. The molecular weight excluding hydrogens is 352 g/mol. The molecular formula is C16H12Cl2FN5. The summed E-state index contributed by atoms with van der Waals surface area (Å²) in [6.45, 7) is 0.241. The van der Waals surface area contributed by atoms with Crippen molar-refractivity contribution in [2.75, 3.05) is 10.6 Å². The number of halogens is 3. The summed E-state index contributed by atoms with van der Waals surface area (Å²) in [5, 5.41) is 14.6. The summed E-state index contributed by atoms with van der Waals surface area (Å²) in [4.78, 5) is 4.26. The largest absolute Gasteiger partial charge is 0.349 e. The van der Waals surface area contributed by atoms with E-state index in [1.807, 2.05) is 0 Å². The van der Waals surface area contributed by atoms with Gasteiger partial charge < -0.3 is 10.6 Å². The summed E-state index contributed by atoms with van der Waals surface area (Å²) in [6.07, 6.45) is 1.44. The Morgan fingerprint density at radius 3 is 2.50 bits per heavy atom. The maximum absolute atomic E-state index is 13.6.